The lowest BCUT2D eigenvalue weighted by Crippen LogP contribution is -2.40. The molecule has 0 fully saturated rings. The molecular formula is C16H19N5O2. The van der Waals surface area contributed by atoms with E-state index in [9.17, 15) is 14.9 Å². The number of nitrogens with one attached hydrogen (secondary N) is 1. The van der Waals surface area contributed by atoms with Gasteiger partial charge >= 0.3 is 5.69 Å². The maximum absolute atomic E-state index is 12.0. The van der Waals surface area contributed by atoms with Crippen molar-refractivity contribution in [3.05, 3.63) is 56.7 Å². The van der Waals surface area contributed by atoms with E-state index >= 15 is 0 Å². The van der Waals surface area contributed by atoms with Gasteiger partial charge in [-0.3, -0.25) is 13.9 Å². The second-order valence-electron chi connectivity index (χ2n) is 5.23. The molecule has 0 radical (unpaired) electrons. The largest absolute Gasteiger partial charge is 0.373 e. The van der Waals surface area contributed by atoms with E-state index < -0.39 is 11.2 Å². The van der Waals surface area contributed by atoms with Crippen molar-refractivity contribution in [1.29, 1.82) is 5.26 Å². The average molecular weight is 313 g/mol. The molecule has 2 rings (SSSR count). The monoisotopic (exact) mass is 313 g/mol. The Hall–Kier alpha value is -3.01. The van der Waals surface area contributed by atoms with Gasteiger partial charge in [-0.05, 0) is 12.1 Å². The molecule has 1 N–H and O–H groups in total. The van der Waals surface area contributed by atoms with Gasteiger partial charge in [-0.2, -0.15) is 5.26 Å². The predicted molar refractivity (Wildman–Crippen MR) is 89.8 cm³/mol. The van der Waals surface area contributed by atoms with Crippen LogP contribution in [-0.2, 0) is 14.1 Å². The summed E-state index contributed by atoms with van der Waals surface area (Å²) in [5.74, 6) is 0.252. The lowest BCUT2D eigenvalue weighted by molar-refractivity contribution is 0.684. The normalized spacial score (nSPS) is 10.2. The molecule has 0 aliphatic heterocycles. The third-order valence-electron chi connectivity index (χ3n) is 3.71. The molecule has 0 aliphatic rings. The van der Waals surface area contributed by atoms with Gasteiger partial charge in [-0.1, -0.05) is 18.2 Å². The molecule has 0 saturated heterocycles. The summed E-state index contributed by atoms with van der Waals surface area (Å²) < 4.78 is 2.21. The third kappa shape index (κ3) is 3.26. The van der Waals surface area contributed by atoms with Crippen LogP contribution in [-0.4, -0.2) is 29.3 Å². The molecule has 120 valence electrons. The Labute approximate surface area is 134 Å². The summed E-state index contributed by atoms with van der Waals surface area (Å²) in [6.45, 7) is 1.14. The van der Waals surface area contributed by atoms with Crippen LogP contribution in [0.15, 0.2) is 39.9 Å². The van der Waals surface area contributed by atoms with Gasteiger partial charge in [0.15, 0.2) is 5.56 Å². The molecule has 0 amide bonds. The first-order valence-electron chi connectivity index (χ1n) is 7.17. The van der Waals surface area contributed by atoms with Crippen LogP contribution in [0.2, 0.25) is 0 Å². The smallest absolute Gasteiger partial charge is 0.332 e. The number of likely N-dealkylation sites (N-methyl/N-ethyl adjacent to an activating group) is 1. The minimum atomic E-state index is -0.588. The Kier molecular flexibility index (Phi) is 4.86. The first kappa shape index (κ1) is 16.4. The molecule has 7 heteroatoms. The number of hydrogen-bond donors (Lipinski definition) is 1. The number of anilines is 2. The summed E-state index contributed by atoms with van der Waals surface area (Å²) in [6.07, 6.45) is 0. The van der Waals surface area contributed by atoms with Crippen LogP contribution in [0.25, 0.3) is 0 Å². The first-order valence-corrected chi connectivity index (χ1v) is 7.17. The highest BCUT2D eigenvalue weighted by atomic mass is 16.2. The minimum absolute atomic E-state index is 0.0584. The Morgan fingerprint density at radius 2 is 1.83 bits per heavy atom. The quantitative estimate of drug-likeness (QED) is 0.869. The van der Waals surface area contributed by atoms with Crippen LogP contribution in [0.5, 0.6) is 0 Å². The Morgan fingerprint density at radius 1 is 1.17 bits per heavy atom. The van der Waals surface area contributed by atoms with E-state index in [0.717, 1.165) is 10.3 Å². The average Bonchev–Trinajstić information content (AvgIpc) is 2.58. The summed E-state index contributed by atoms with van der Waals surface area (Å²) in [5.41, 5.74) is -0.0490. The highest BCUT2D eigenvalue weighted by molar-refractivity contribution is 5.51. The maximum atomic E-state index is 12.0. The van der Waals surface area contributed by atoms with Crippen LogP contribution in [0.3, 0.4) is 0 Å². The fourth-order valence-electron chi connectivity index (χ4n) is 2.31. The number of nitrogens with zero attached hydrogens (tertiary/aromatic N) is 4. The number of hydrogen-bond acceptors (Lipinski definition) is 5. The van der Waals surface area contributed by atoms with Gasteiger partial charge in [0.1, 0.15) is 11.9 Å². The van der Waals surface area contributed by atoms with E-state index in [1.54, 1.807) is 0 Å². The topological polar surface area (TPSA) is 83.1 Å². The molecule has 23 heavy (non-hydrogen) atoms. The van der Waals surface area contributed by atoms with Crippen LogP contribution in [0.1, 0.15) is 5.56 Å². The van der Waals surface area contributed by atoms with Gasteiger partial charge in [-0.25, -0.2) is 4.79 Å². The maximum Gasteiger partial charge on any atom is 0.332 e. The van der Waals surface area contributed by atoms with Crippen molar-refractivity contribution in [2.45, 2.75) is 0 Å². The van der Waals surface area contributed by atoms with Gasteiger partial charge in [0.25, 0.3) is 5.56 Å². The summed E-state index contributed by atoms with van der Waals surface area (Å²) >= 11 is 0. The highest BCUT2D eigenvalue weighted by Gasteiger charge is 2.14. The van der Waals surface area contributed by atoms with E-state index in [0.29, 0.717) is 13.1 Å². The lowest BCUT2D eigenvalue weighted by atomic mass is 10.3. The standard InChI is InChI=1S/C16H19N5O2/c1-19(12-7-5-4-6-8-12)10-9-18-14-13(11-17)15(22)21(3)16(23)20(14)2/h4-8,18H,9-10H2,1-3H3. The molecule has 0 atom stereocenters. The van der Waals surface area contributed by atoms with Gasteiger partial charge in [0, 0.05) is 39.9 Å². The Bertz CT molecular complexity index is 846. The van der Waals surface area contributed by atoms with Crippen molar-refractivity contribution in [3.63, 3.8) is 0 Å². The SMILES string of the molecule is CN(CCNc1c(C#N)c(=O)n(C)c(=O)n1C)c1ccccc1. The molecule has 0 spiro atoms. The van der Waals surface area contributed by atoms with Crippen LogP contribution < -0.4 is 21.5 Å². The van der Waals surface area contributed by atoms with Crippen LogP contribution in [0, 0.1) is 11.3 Å². The zero-order valence-electron chi connectivity index (χ0n) is 13.4. The molecule has 0 bridgehead atoms. The first-order chi connectivity index (χ1) is 11.0. The van der Waals surface area contributed by atoms with Gasteiger partial charge in [-0.15, -0.1) is 0 Å². The van der Waals surface area contributed by atoms with Gasteiger partial charge in [0.2, 0.25) is 0 Å². The molecular weight excluding hydrogens is 294 g/mol. The number of rotatable bonds is 5. The number of benzene rings is 1. The molecule has 1 aromatic carbocycles. The summed E-state index contributed by atoms with van der Waals surface area (Å²) in [4.78, 5) is 26.0. The Balaban J connectivity index is 2.17. The molecule has 0 aliphatic carbocycles. The molecule has 1 aromatic heterocycles. The van der Waals surface area contributed by atoms with Crippen LogP contribution >= 0.6 is 0 Å². The zero-order chi connectivity index (χ0) is 17.0. The van der Waals surface area contributed by atoms with Crippen molar-refractivity contribution < 1.29 is 0 Å². The summed E-state index contributed by atoms with van der Waals surface area (Å²) in [7, 11) is 4.84. The number of nitriles is 1. The molecule has 0 saturated carbocycles. The van der Waals surface area contributed by atoms with Crippen molar-refractivity contribution >= 4 is 11.5 Å². The fraction of sp³-hybridized carbons (Fsp3) is 0.312. The van der Waals surface area contributed by atoms with E-state index in [4.69, 9.17) is 0 Å². The third-order valence-corrected chi connectivity index (χ3v) is 3.71. The van der Waals surface area contributed by atoms with Crippen LogP contribution in [0.4, 0.5) is 11.5 Å². The van der Waals surface area contributed by atoms with Crippen molar-refractivity contribution in [2.24, 2.45) is 14.1 Å². The molecule has 1 heterocycles. The Morgan fingerprint density at radius 3 is 2.43 bits per heavy atom. The van der Waals surface area contributed by atoms with Gasteiger partial charge < -0.3 is 10.2 Å². The van der Waals surface area contributed by atoms with E-state index in [2.05, 4.69) is 5.32 Å². The van der Waals surface area contributed by atoms with Crippen molar-refractivity contribution in [3.8, 4) is 6.07 Å². The van der Waals surface area contributed by atoms with Gasteiger partial charge in [0.05, 0.1) is 0 Å². The molecule has 0 unspecified atom stereocenters. The number of aromatic nitrogens is 2. The van der Waals surface area contributed by atoms with E-state index in [-0.39, 0.29) is 11.4 Å². The summed E-state index contributed by atoms with van der Waals surface area (Å²) in [5, 5.41) is 12.2. The zero-order valence-corrected chi connectivity index (χ0v) is 13.4. The van der Waals surface area contributed by atoms with Crippen molar-refractivity contribution in [2.75, 3.05) is 30.4 Å². The van der Waals surface area contributed by atoms with E-state index in [1.807, 2.05) is 48.3 Å². The lowest BCUT2D eigenvalue weighted by Gasteiger charge is -2.20. The second-order valence-corrected chi connectivity index (χ2v) is 5.23. The highest BCUT2D eigenvalue weighted by Crippen LogP contribution is 2.11. The van der Waals surface area contributed by atoms with Crippen molar-refractivity contribution in [1.82, 2.24) is 9.13 Å². The summed E-state index contributed by atoms with van der Waals surface area (Å²) in [6, 6.07) is 11.7. The van der Waals surface area contributed by atoms with E-state index in [1.165, 1.54) is 18.7 Å². The molecule has 2 aromatic rings. The minimum Gasteiger partial charge on any atom is -0.373 e. The predicted octanol–water partition coefficient (Wildman–Crippen LogP) is 0.504. The fourth-order valence-corrected chi connectivity index (χ4v) is 2.31. The second kappa shape index (κ2) is 6.83. The molecule has 7 nitrogen and oxygen atoms in total. The number of para-hydroxylation sites is 1.